The van der Waals surface area contributed by atoms with Crippen LogP contribution in [0.15, 0.2) is 15.9 Å². The van der Waals surface area contributed by atoms with Gasteiger partial charge in [-0.05, 0) is 19.3 Å². The van der Waals surface area contributed by atoms with E-state index in [9.17, 15) is 27.9 Å². The van der Waals surface area contributed by atoms with Crippen molar-refractivity contribution in [1.29, 1.82) is 0 Å². The first-order chi connectivity index (χ1) is 13.6. The number of aromatic nitrogens is 4. The van der Waals surface area contributed by atoms with Crippen molar-refractivity contribution in [2.24, 2.45) is 7.05 Å². The van der Waals surface area contributed by atoms with Crippen LogP contribution in [0.1, 0.15) is 40.0 Å². The first-order valence-corrected chi connectivity index (χ1v) is 9.64. The summed E-state index contributed by atoms with van der Waals surface area (Å²) in [5.74, 6) is 0. The van der Waals surface area contributed by atoms with Gasteiger partial charge in [-0.25, -0.2) is 9.78 Å². The van der Waals surface area contributed by atoms with Crippen LogP contribution in [0.5, 0.6) is 0 Å². The van der Waals surface area contributed by atoms with E-state index in [1.54, 1.807) is 4.57 Å². The van der Waals surface area contributed by atoms with Gasteiger partial charge < -0.3 is 14.4 Å². The van der Waals surface area contributed by atoms with Crippen molar-refractivity contribution in [1.82, 2.24) is 18.7 Å². The quantitative estimate of drug-likeness (QED) is 0.815. The molecule has 2 aromatic rings. The van der Waals surface area contributed by atoms with E-state index in [2.05, 4.69) is 4.98 Å². The van der Waals surface area contributed by atoms with E-state index in [1.807, 2.05) is 20.8 Å². The summed E-state index contributed by atoms with van der Waals surface area (Å²) in [6, 6.07) is 0. The molecule has 29 heavy (non-hydrogen) atoms. The predicted molar refractivity (Wildman–Crippen MR) is 101 cm³/mol. The fourth-order valence-corrected chi connectivity index (χ4v) is 3.28. The van der Waals surface area contributed by atoms with Gasteiger partial charge in [-0.1, -0.05) is 20.8 Å². The SMILES string of the molecule is CC.CCCn1cnc2c1c(=O)n(CC1CCC(O)(C(F)(F)F)CO1)c(=O)n2C. The molecule has 8 nitrogen and oxygen atoms in total. The Morgan fingerprint density at radius 3 is 2.52 bits per heavy atom. The van der Waals surface area contributed by atoms with Crippen molar-refractivity contribution in [2.75, 3.05) is 6.61 Å². The second kappa shape index (κ2) is 8.70. The number of imidazole rings is 1. The molecule has 3 heterocycles. The number of hydrogen-bond acceptors (Lipinski definition) is 5. The van der Waals surface area contributed by atoms with E-state index < -0.39 is 42.2 Å². The molecule has 2 aromatic heterocycles. The highest BCUT2D eigenvalue weighted by Crippen LogP contribution is 2.37. The molecule has 0 radical (unpaired) electrons. The van der Waals surface area contributed by atoms with Crippen LogP contribution in [0.4, 0.5) is 13.2 Å². The molecule has 164 valence electrons. The molecule has 0 saturated carbocycles. The molecule has 0 aliphatic carbocycles. The summed E-state index contributed by atoms with van der Waals surface area (Å²) in [6.07, 6.45) is -4.01. The van der Waals surface area contributed by atoms with Gasteiger partial charge >= 0.3 is 11.9 Å². The number of ether oxygens (including phenoxy) is 1. The van der Waals surface area contributed by atoms with Gasteiger partial charge in [-0.2, -0.15) is 13.2 Å². The Bertz CT molecular complexity index is 953. The van der Waals surface area contributed by atoms with Crippen LogP contribution in [0.3, 0.4) is 0 Å². The molecule has 0 bridgehead atoms. The fraction of sp³-hybridized carbons (Fsp3) is 0.722. The van der Waals surface area contributed by atoms with Crippen molar-refractivity contribution in [3.05, 3.63) is 27.2 Å². The first kappa shape index (κ1) is 23.1. The third-order valence-corrected chi connectivity index (χ3v) is 4.92. The lowest BCUT2D eigenvalue weighted by Crippen LogP contribution is -2.54. The maximum Gasteiger partial charge on any atom is 0.419 e. The fourth-order valence-electron chi connectivity index (χ4n) is 3.28. The second-order valence-electron chi connectivity index (χ2n) is 6.87. The molecule has 0 aromatic carbocycles. The maximum atomic E-state index is 12.9. The van der Waals surface area contributed by atoms with Gasteiger partial charge in [0.1, 0.15) is 0 Å². The lowest BCUT2D eigenvalue weighted by Gasteiger charge is -2.37. The van der Waals surface area contributed by atoms with Gasteiger partial charge in [0.15, 0.2) is 16.8 Å². The minimum atomic E-state index is -4.80. The molecule has 3 rings (SSSR count). The summed E-state index contributed by atoms with van der Waals surface area (Å²) in [5, 5.41) is 9.66. The van der Waals surface area contributed by atoms with Crippen molar-refractivity contribution < 1.29 is 23.0 Å². The zero-order chi connectivity index (χ0) is 22.0. The van der Waals surface area contributed by atoms with E-state index in [0.29, 0.717) is 6.54 Å². The summed E-state index contributed by atoms with van der Waals surface area (Å²) in [5.41, 5.74) is -3.55. The highest BCUT2D eigenvalue weighted by molar-refractivity contribution is 5.69. The van der Waals surface area contributed by atoms with Crippen molar-refractivity contribution in [2.45, 2.75) is 71.0 Å². The number of hydrogen-bond donors (Lipinski definition) is 1. The highest BCUT2D eigenvalue weighted by atomic mass is 19.4. The summed E-state index contributed by atoms with van der Waals surface area (Å²) in [4.78, 5) is 29.5. The number of rotatable bonds is 4. The minimum absolute atomic E-state index is 0.127. The van der Waals surface area contributed by atoms with E-state index >= 15 is 0 Å². The molecule has 0 amide bonds. The molecule has 1 N–H and O–H groups in total. The van der Waals surface area contributed by atoms with Gasteiger partial charge in [0.25, 0.3) is 5.56 Å². The van der Waals surface area contributed by atoms with Crippen LogP contribution >= 0.6 is 0 Å². The van der Waals surface area contributed by atoms with Gasteiger partial charge in [-0.3, -0.25) is 13.9 Å². The van der Waals surface area contributed by atoms with Crippen LogP contribution in [0, 0.1) is 0 Å². The van der Waals surface area contributed by atoms with Gasteiger partial charge in [0.2, 0.25) is 0 Å². The molecule has 2 atom stereocenters. The molecule has 1 saturated heterocycles. The van der Waals surface area contributed by atoms with E-state index in [4.69, 9.17) is 4.74 Å². The van der Waals surface area contributed by atoms with Crippen molar-refractivity contribution in [3.8, 4) is 0 Å². The molecule has 1 aliphatic heterocycles. The lowest BCUT2D eigenvalue weighted by atomic mass is 9.93. The van der Waals surface area contributed by atoms with Crippen LogP contribution in [0.2, 0.25) is 0 Å². The Morgan fingerprint density at radius 2 is 2.00 bits per heavy atom. The summed E-state index contributed by atoms with van der Waals surface area (Å²) in [7, 11) is 1.48. The standard InChI is InChI=1S/C16H21F3N4O4.C2H6/c1-3-6-22-9-20-12-11(22)13(24)23(14(25)21(12)2)7-10-4-5-15(26,8-27-10)16(17,18)19;1-2/h9-10,26H,3-8H2,1-2H3;1-2H3. The van der Waals surface area contributed by atoms with Gasteiger partial charge in [0.05, 0.1) is 25.6 Å². The molecule has 1 aliphatic rings. The molecule has 2 unspecified atom stereocenters. The number of halogens is 3. The van der Waals surface area contributed by atoms with Crippen LogP contribution < -0.4 is 11.2 Å². The topological polar surface area (TPSA) is 91.3 Å². The zero-order valence-electron chi connectivity index (χ0n) is 17.0. The normalized spacial score (nSPS) is 22.4. The van der Waals surface area contributed by atoms with Crippen LogP contribution in [-0.4, -0.2) is 48.3 Å². The Kier molecular flexibility index (Phi) is 6.94. The van der Waals surface area contributed by atoms with Gasteiger partial charge in [-0.15, -0.1) is 0 Å². The lowest BCUT2D eigenvalue weighted by molar-refractivity contribution is -0.295. The number of aliphatic hydroxyl groups is 1. The molecular formula is C18H27F3N4O4. The Labute approximate surface area is 165 Å². The largest absolute Gasteiger partial charge is 0.419 e. The molecule has 11 heteroatoms. The maximum absolute atomic E-state index is 12.9. The number of alkyl halides is 3. The van der Waals surface area contributed by atoms with Crippen LogP contribution in [0.25, 0.3) is 11.2 Å². The average Bonchev–Trinajstić information content (AvgIpc) is 3.10. The Balaban J connectivity index is 0.00000145. The third kappa shape index (κ3) is 4.25. The molecule has 0 spiro atoms. The molecular weight excluding hydrogens is 393 g/mol. The summed E-state index contributed by atoms with van der Waals surface area (Å²) in [6.45, 7) is 5.37. The summed E-state index contributed by atoms with van der Waals surface area (Å²) < 4.78 is 47.6. The Morgan fingerprint density at radius 1 is 1.34 bits per heavy atom. The van der Waals surface area contributed by atoms with E-state index in [0.717, 1.165) is 11.0 Å². The van der Waals surface area contributed by atoms with Crippen molar-refractivity contribution in [3.63, 3.8) is 0 Å². The van der Waals surface area contributed by atoms with Gasteiger partial charge in [0, 0.05) is 13.6 Å². The second-order valence-corrected chi connectivity index (χ2v) is 6.87. The van der Waals surface area contributed by atoms with Crippen LogP contribution in [-0.2, 0) is 24.9 Å². The average molecular weight is 420 g/mol. The molecule has 1 fully saturated rings. The highest BCUT2D eigenvalue weighted by Gasteiger charge is 2.55. The number of nitrogens with zero attached hydrogens (tertiary/aromatic N) is 4. The Hall–Kier alpha value is -2.14. The van der Waals surface area contributed by atoms with E-state index in [-0.39, 0.29) is 24.1 Å². The monoisotopic (exact) mass is 420 g/mol. The third-order valence-electron chi connectivity index (χ3n) is 4.92. The smallest absolute Gasteiger partial charge is 0.379 e. The summed E-state index contributed by atoms with van der Waals surface area (Å²) >= 11 is 0. The minimum Gasteiger partial charge on any atom is -0.379 e. The zero-order valence-corrected chi connectivity index (χ0v) is 17.0. The number of fused-ring (bicyclic) bond motifs is 1. The number of aryl methyl sites for hydroxylation is 2. The van der Waals surface area contributed by atoms with Crippen molar-refractivity contribution >= 4 is 11.2 Å². The predicted octanol–water partition coefficient (Wildman–Crippen LogP) is 1.81. The first-order valence-electron chi connectivity index (χ1n) is 9.64. The van der Waals surface area contributed by atoms with E-state index in [1.165, 1.54) is 17.9 Å².